The van der Waals surface area contributed by atoms with Crippen molar-refractivity contribution in [1.82, 2.24) is 9.29 Å². The van der Waals surface area contributed by atoms with Crippen molar-refractivity contribution in [3.8, 4) is 0 Å². The molecule has 1 aromatic carbocycles. The zero-order chi connectivity index (χ0) is 14.3. The average molecular weight is 292 g/mol. The third-order valence-electron chi connectivity index (χ3n) is 4.09. The number of hydrogen-bond donors (Lipinski definition) is 1. The van der Waals surface area contributed by atoms with Crippen LogP contribution in [0.4, 0.5) is 0 Å². The Kier molecular flexibility index (Phi) is 3.34. The fraction of sp³-hybridized carbons (Fsp3) is 0.467. The summed E-state index contributed by atoms with van der Waals surface area (Å²) in [6.07, 6.45) is 3.26. The first kappa shape index (κ1) is 13.6. The van der Waals surface area contributed by atoms with Gasteiger partial charge in [-0.3, -0.25) is 0 Å². The number of aryl methyl sites for hydroxylation is 1. The molecule has 1 atom stereocenters. The van der Waals surface area contributed by atoms with E-state index in [1.165, 1.54) is 17.2 Å². The number of fused-ring (bicyclic) bond motifs is 1. The lowest BCUT2D eigenvalue weighted by molar-refractivity contribution is 0.315. The minimum atomic E-state index is -3.08. The minimum Gasteiger partial charge on any atom is -0.358 e. The Balaban J connectivity index is 1.90. The Bertz CT molecular complexity index is 733. The van der Waals surface area contributed by atoms with Crippen LogP contribution in [0.25, 0.3) is 10.9 Å². The second kappa shape index (κ2) is 4.90. The Morgan fingerprint density at radius 1 is 1.30 bits per heavy atom. The van der Waals surface area contributed by atoms with E-state index in [4.69, 9.17) is 0 Å². The SMILES string of the molecule is Cc1ccc2[nH]c(C3CCCN(S(C)(=O)=O)C3)cc2c1. The lowest BCUT2D eigenvalue weighted by Gasteiger charge is -2.30. The molecule has 2 aromatic rings. The monoisotopic (exact) mass is 292 g/mol. The van der Waals surface area contributed by atoms with Crippen molar-refractivity contribution in [2.45, 2.75) is 25.7 Å². The molecule has 3 rings (SSSR count). The zero-order valence-electron chi connectivity index (χ0n) is 11.9. The van der Waals surface area contributed by atoms with Crippen molar-refractivity contribution in [1.29, 1.82) is 0 Å². The van der Waals surface area contributed by atoms with Gasteiger partial charge >= 0.3 is 0 Å². The first-order valence-corrected chi connectivity index (χ1v) is 8.83. The van der Waals surface area contributed by atoms with Crippen molar-refractivity contribution in [2.24, 2.45) is 0 Å². The normalized spacial score (nSPS) is 21.4. The first-order valence-electron chi connectivity index (χ1n) is 6.98. The largest absolute Gasteiger partial charge is 0.358 e. The Morgan fingerprint density at radius 3 is 2.85 bits per heavy atom. The number of hydrogen-bond acceptors (Lipinski definition) is 2. The van der Waals surface area contributed by atoms with Gasteiger partial charge in [-0.15, -0.1) is 0 Å². The minimum absolute atomic E-state index is 0.270. The van der Waals surface area contributed by atoms with Gasteiger partial charge < -0.3 is 4.98 Å². The molecule has 0 spiro atoms. The maximum absolute atomic E-state index is 11.7. The van der Waals surface area contributed by atoms with E-state index in [9.17, 15) is 8.42 Å². The number of rotatable bonds is 2. The molecule has 1 fully saturated rings. The van der Waals surface area contributed by atoms with E-state index < -0.39 is 10.0 Å². The van der Waals surface area contributed by atoms with Crippen LogP contribution in [0.2, 0.25) is 0 Å². The van der Waals surface area contributed by atoms with Gasteiger partial charge in [0.05, 0.1) is 6.26 Å². The predicted octanol–water partition coefficient (Wildman–Crippen LogP) is 2.62. The van der Waals surface area contributed by atoms with E-state index in [0.717, 1.165) is 24.1 Å². The summed E-state index contributed by atoms with van der Waals surface area (Å²) < 4.78 is 25.0. The lowest BCUT2D eigenvalue weighted by Crippen LogP contribution is -2.38. The Hall–Kier alpha value is -1.33. The first-order chi connectivity index (χ1) is 9.43. The van der Waals surface area contributed by atoms with E-state index in [2.05, 4.69) is 36.2 Å². The van der Waals surface area contributed by atoms with E-state index in [0.29, 0.717) is 13.1 Å². The van der Waals surface area contributed by atoms with E-state index in [-0.39, 0.29) is 5.92 Å². The number of nitrogens with one attached hydrogen (secondary N) is 1. The van der Waals surface area contributed by atoms with Gasteiger partial charge in [0.2, 0.25) is 10.0 Å². The van der Waals surface area contributed by atoms with Crippen molar-refractivity contribution in [3.63, 3.8) is 0 Å². The molecule has 1 N–H and O–H groups in total. The van der Waals surface area contributed by atoms with Crippen LogP contribution < -0.4 is 0 Å². The van der Waals surface area contributed by atoms with Crippen LogP contribution in [0.15, 0.2) is 24.3 Å². The van der Waals surface area contributed by atoms with Gasteiger partial charge in [0.1, 0.15) is 0 Å². The average Bonchev–Trinajstić information content (AvgIpc) is 2.81. The van der Waals surface area contributed by atoms with Crippen molar-refractivity contribution in [3.05, 3.63) is 35.5 Å². The number of benzene rings is 1. The van der Waals surface area contributed by atoms with E-state index in [1.54, 1.807) is 4.31 Å². The summed E-state index contributed by atoms with van der Waals surface area (Å²) in [5.41, 5.74) is 3.52. The molecule has 1 aliphatic heterocycles. The molecule has 0 aliphatic carbocycles. The van der Waals surface area contributed by atoms with Crippen molar-refractivity contribution < 1.29 is 8.42 Å². The van der Waals surface area contributed by atoms with Crippen LogP contribution in [0, 0.1) is 6.92 Å². The van der Waals surface area contributed by atoms with Crippen LogP contribution >= 0.6 is 0 Å². The number of aromatic nitrogens is 1. The maximum Gasteiger partial charge on any atom is 0.211 e. The standard InChI is InChI=1S/C15H20N2O2S/c1-11-5-6-14-13(8-11)9-15(16-14)12-4-3-7-17(10-12)20(2,18)19/h5-6,8-9,12,16H,3-4,7,10H2,1-2H3. The van der Waals surface area contributed by atoms with Gasteiger partial charge in [-0.05, 0) is 43.4 Å². The number of sulfonamides is 1. The van der Waals surface area contributed by atoms with Crippen molar-refractivity contribution in [2.75, 3.05) is 19.3 Å². The highest BCUT2D eigenvalue weighted by atomic mass is 32.2. The third-order valence-corrected chi connectivity index (χ3v) is 5.36. The van der Waals surface area contributed by atoms with Crippen LogP contribution in [-0.4, -0.2) is 37.1 Å². The molecule has 5 heteroatoms. The summed E-state index contributed by atoms with van der Waals surface area (Å²) >= 11 is 0. The summed E-state index contributed by atoms with van der Waals surface area (Å²) in [6.45, 7) is 3.32. The molecule has 0 amide bonds. The van der Waals surface area contributed by atoms with Gasteiger partial charge in [0, 0.05) is 30.2 Å². The smallest absolute Gasteiger partial charge is 0.211 e. The molecule has 0 bridgehead atoms. The molecule has 1 aliphatic rings. The van der Waals surface area contributed by atoms with Crippen molar-refractivity contribution >= 4 is 20.9 Å². The van der Waals surface area contributed by atoms with Gasteiger partial charge in [-0.2, -0.15) is 0 Å². The second-order valence-corrected chi connectivity index (χ2v) is 7.76. The quantitative estimate of drug-likeness (QED) is 0.925. The summed E-state index contributed by atoms with van der Waals surface area (Å²) in [5.74, 6) is 0.270. The number of aromatic amines is 1. The fourth-order valence-corrected chi connectivity index (χ4v) is 3.90. The third kappa shape index (κ3) is 2.60. The predicted molar refractivity (Wildman–Crippen MR) is 81.4 cm³/mol. The highest BCUT2D eigenvalue weighted by Crippen LogP contribution is 2.30. The maximum atomic E-state index is 11.7. The van der Waals surface area contributed by atoms with Gasteiger partial charge in [0.25, 0.3) is 0 Å². The molecule has 2 heterocycles. The van der Waals surface area contributed by atoms with Crippen LogP contribution in [0.3, 0.4) is 0 Å². The highest BCUT2D eigenvalue weighted by Gasteiger charge is 2.27. The molecular formula is C15H20N2O2S. The summed E-state index contributed by atoms with van der Waals surface area (Å²) in [4.78, 5) is 3.44. The molecule has 108 valence electrons. The molecule has 20 heavy (non-hydrogen) atoms. The number of nitrogens with zero attached hydrogens (tertiary/aromatic N) is 1. The number of H-pyrrole nitrogens is 1. The molecule has 4 nitrogen and oxygen atoms in total. The van der Waals surface area contributed by atoms with Crippen LogP contribution in [0.1, 0.15) is 30.0 Å². The lowest BCUT2D eigenvalue weighted by atomic mass is 9.96. The fourth-order valence-electron chi connectivity index (χ4n) is 2.99. The molecule has 0 radical (unpaired) electrons. The van der Waals surface area contributed by atoms with E-state index >= 15 is 0 Å². The molecule has 0 saturated carbocycles. The highest BCUT2D eigenvalue weighted by molar-refractivity contribution is 7.88. The summed E-state index contributed by atoms with van der Waals surface area (Å²) in [6, 6.07) is 8.50. The number of piperidine rings is 1. The molecular weight excluding hydrogens is 272 g/mol. The molecule has 1 aromatic heterocycles. The van der Waals surface area contributed by atoms with Gasteiger partial charge in [-0.25, -0.2) is 12.7 Å². The van der Waals surface area contributed by atoms with E-state index in [1.807, 2.05) is 0 Å². The van der Waals surface area contributed by atoms with Gasteiger partial charge in [0.15, 0.2) is 0 Å². The second-order valence-electron chi connectivity index (χ2n) is 5.78. The summed E-state index contributed by atoms with van der Waals surface area (Å²) in [7, 11) is -3.08. The molecule has 1 unspecified atom stereocenters. The molecule has 1 saturated heterocycles. The zero-order valence-corrected chi connectivity index (χ0v) is 12.7. The van der Waals surface area contributed by atoms with Gasteiger partial charge in [-0.1, -0.05) is 11.6 Å². The summed E-state index contributed by atoms with van der Waals surface area (Å²) in [5, 5.41) is 1.21. The van der Waals surface area contributed by atoms with Crippen LogP contribution in [-0.2, 0) is 10.0 Å². The Labute approximate surface area is 119 Å². The Morgan fingerprint density at radius 2 is 2.10 bits per heavy atom. The topological polar surface area (TPSA) is 53.2 Å². The van der Waals surface area contributed by atoms with Crippen LogP contribution in [0.5, 0.6) is 0 Å².